The first-order valence-electron chi connectivity index (χ1n) is 6.13. The minimum absolute atomic E-state index is 0.206. The van der Waals surface area contributed by atoms with Crippen LogP contribution in [-0.2, 0) is 16.9 Å². The first kappa shape index (κ1) is 11.3. The number of phenolic OH excluding ortho intramolecular Hbond substituents is 1. The van der Waals surface area contributed by atoms with Gasteiger partial charge in [-0.2, -0.15) is 0 Å². The molecule has 0 fully saturated rings. The number of phenols is 1. The zero-order valence-corrected chi connectivity index (χ0v) is 10.6. The second kappa shape index (κ2) is 3.85. The van der Waals surface area contributed by atoms with E-state index in [1.165, 1.54) is 11.1 Å². The van der Waals surface area contributed by atoms with Crippen LogP contribution in [0.2, 0.25) is 0 Å². The molecule has 1 heterocycles. The standard InChI is InChI=1S/C16H16O2/c1-16(2)15-9-12(3-4-13(15)10-18-16)11-5-7-14(17)8-6-11/h3-9,17H,10H2,1-2H3. The number of ether oxygens (including phenoxy) is 1. The SMILES string of the molecule is CC1(C)OCc2ccc(-c3ccc(O)cc3)cc21. The number of hydrogen-bond acceptors (Lipinski definition) is 2. The van der Waals surface area contributed by atoms with Gasteiger partial charge in [-0.3, -0.25) is 0 Å². The Balaban J connectivity index is 2.08. The molecule has 0 unspecified atom stereocenters. The van der Waals surface area contributed by atoms with Crippen LogP contribution in [0.1, 0.15) is 25.0 Å². The van der Waals surface area contributed by atoms with Crippen molar-refractivity contribution >= 4 is 0 Å². The highest BCUT2D eigenvalue weighted by Gasteiger charge is 2.30. The van der Waals surface area contributed by atoms with Crippen molar-refractivity contribution in [1.82, 2.24) is 0 Å². The van der Waals surface area contributed by atoms with Gasteiger partial charge in [-0.05, 0) is 54.3 Å². The van der Waals surface area contributed by atoms with Gasteiger partial charge in [-0.25, -0.2) is 0 Å². The molecule has 2 nitrogen and oxygen atoms in total. The Hall–Kier alpha value is -1.80. The van der Waals surface area contributed by atoms with E-state index in [9.17, 15) is 5.11 Å². The molecule has 1 N–H and O–H groups in total. The Morgan fingerprint density at radius 3 is 2.39 bits per heavy atom. The van der Waals surface area contributed by atoms with E-state index in [1.54, 1.807) is 12.1 Å². The van der Waals surface area contributed by atoms with Crippen LogP contribution in [0.25, 0.3) is 11.1 Å². The Morgan fingerprint density at radius 1 is 1.00 bits per heavy atom. The van der Waals surface area contributed by atoms with E-state index in [0.29, 0.717) is 12.4 Å². The molecular weight excluding hydrogens is 224 g/mol. The van der Waals surface area contributed by atoms with Crippen molar-refractivity contribution in [3.05, 3.63) is 53.6 Å². The molecule has 0 aromatic heterocycles. The van der Waals surface area contributed by atoms with Gasteiger partial charge in [-0.1, -0.05) is 24.3 Å². The van der Waals surface area contributed by atoms with Gasteiger partial charge in [-0.15, -0.1) is 0 Å². The van der Waals surface area contributed by atoms with Crippen LogP contribution < -0.4 is 0 Å². The second-order valence-corrected chi connectivity index (χ2v) is 5.22. The van der Waals surface area contributed by atoms with Crippen molar-refractivity contribution in [1.29, 1.82) is 0 Å². The lowest BCUT2D eigenvalue weighted by Crippen LogP contribution is -2.14. The average molecular weight is 240 g/mol. The summed E-state index contributed by atoms with van der Waals surface area (Å²) >= 11 is 0. The van der Waals surface area contributed by atoms with E-state index < -0.39 is 0 Å². The van der Waals surface area contributed by atoms with E-state index in [1.807, 2.05) is 12.1 Å². The summed E-state index contributed by atoms with van der Waals surface area (Å²) in [6, 6.07) is 13.7. The molecule has 0 aliphatic carbocycles. The van der Waals surface area contributed by atoms with Gasteiger partial charge in [0.1, 0.15) is 5.75 Å². The molecule has 2 aromatic rings. The summed E-state index contributed by atoms with van der Waals surface area (Å²) in [6.45, 7) is 4.89. The maximum Gasteiger partial charge on any atom is 0.115 e. The topological polar surface area (TPSA) is 29.5 Å². The molecule has 92 valence electrons. The first-order valence-corrected chi connectivity index (χ1v) is 6.13. The summed E-state index contributed by atoms with van der Waals surface area (Å²) in [4.78, 5) is 0. The molecule has 0 saturated carbocycles. The third kappa shape index (κ3) is 1.79. The fraction of sp³-hybridized carbons (Fsp3) is 0.250. The Kier molecular flexibility index (Phi) is 2.42. The van der Waals surface area contributed by atoms with Gasteiger partial charge in [0.05, 0.1) is 12.2 Å². The fourth-order valence-corrected chi connectivity index (χ4v) is 2.43. The van der Waals surface area contributed by atoms with Gasteiger partial charge in [0.2, 0.25) is 0 Å². The zero-order chi connectivity index (χ0) is 12.8. The number of rotatable bonds is 1. The molecule has 0 radical (unpaired) electrons. The largest absolute Gasteiger partial charge is 0.508 e. The number of benzene rings is 2. The molecule has 2 aromatic carbocycles. The van der Waals surface area contributed by atoms with Crippen LogP contribution >= 0.6 is 0 Å². The quantitative estimate of drug-likeness (QED) is 0.821. The number of fused-ring (bicyclic) bond motifs is 1. The zero-order valence-electron chi connectivity index (χ0n) is 10.6. The summed E-state index contributed by atoms with van der Waals surface area (Å²) in [7, 11) is 0. The van der Waals surface area contributed by atoms with Crippen LogP contribution in [0.15, 0.2) is 42.5 Å². The Labute approximate surface area is 107 Å². The van der Waals surface area contributed by atoms with E-state index in [0.717, 1.165) is 11.1 Å². The number of aromatic hydroxyl groups is 1. The van der Waals surface area contributed by atoms with E-state index in [2.05, 4.69) is 32.0 Å². The van der Waals surface area contributed by atoms with Crippen LogP contribution in [0, 0.1) is 0 Å². The van der Waals surface area contributed by atoms with Crippen molar-refractivity contribution in [3.63, 3.8) is 0 Å². The van der Waals surface area contributed by atoms with Crippen LogP contribution in [0.4, 0.5) is 0 Å². The lowest BCUT2D eigenvalue weighted by Gasteiger charge is -2.18. The highest BCUT2D eigenvalue weighted by molar-refractivity contribution is 5.66. The van der Waals surface area contributed by atoms with Crippen molar-refractivity contribution in [2.45, 2.75) is 26.1 Å². The monoisotopic (exact) mass is 240 g/mol. The molecule has 3 rings (SSSR count). The van der Waals surface area contributed by atoms with E-state index in [4.69, 9.17) is 4.74 Å². The van der Waals surface area contributed by atoms with Gasteiger partial charge >= 0.3 is 0 Å². The smallest absolute Gasteiger partial charge is 0.115 e. The molecular formula is C16H16O2. The molecule has 0 saturated heterocycles. The summed E-state index contributed by atoms with van der Waals surface area (Å²) in [5.41, 5.74) is 4.59. The third-order valence-corrected chi connectivity index (χ3v) is 3.55. The lowest BCUT2D eigenvalue weighted by molar-refractivity contribution is -0.00787. The Morgan fingerprint density at radius 2 is 1.67 bits per heavy atom. The van der Waals surface area contributed by atoms with Crippen LogP contribution in [0.5, 0.6) is 5.75 Å². The van der Waals surface area contributed by atoms with Crippen molar-refractivity contribution in [2.24, 2.45) is 0 Å². The normalized spacial score (nSPS) is 16.6. The maximum atomic E-state index is 9.32. The third-order valence-electron chi connectivity index (χ3n) is 3.55. The summed E-state index contributed by atoms with van der Waals surface area (Å²) in [5.74, 6) is 0.295. The highest BCUT2D eigenvalue weighted by atomic mass is 16.5. The van der Waals surface area contributed by atoms with Gasteiger partial charge in [0.25, 0.3) is 0 Å². The van der Waals surface area contributed by atoms with Crippen LogP contribution in [0.3, 0.4) is 0 Å². The summed E-state index contributed by atoms with van der Waals surface area (Å²) in [5, 5.41) is 9.32. The Bertz CT molecular complexity index is 583. The van der Waals surface area contributed by atoms with Gasteiger partial charge in [0.15, 0.2) is 0 Å². The fourth-order valence-electron chi connectivity index (χ4n) is 2.43. The predicted octanol–water partition coefficient (Wildman–Crippen LogP) is 3.82. The molecule has 1 aliphatic heterocycles. The molecule has 0 spiro atoms. The second-order valence-electron chi connectivity index (χ2n) is 5.22. The van der Waals surface area contributed by atoms with E-state index >= 15 is 0 Å². The first-order chi connectivity index (χ1) is 8.56. The average Bonchev–Trinajstić information content (AvgIpc) is 2.66. The van der Waals surface area contributed by atoms with Crippen LogP contribution in [-0.4, -0.2) is 5.11 Å². The molecule has 0 bridgehead atoms. The van der Waals surface area contributed by atoms with Gasteiger partial charge < -0.3 is 9.84 Å². The molecule has 2 heteroatoms. The molecule has 18 heavy (non-hydrogen) atoms. The minimum Gasteiger partial charge on any atom is -0.508 e. The van der Waals surface area contributed by atoms with Gasteiger partial charge in [0, 0.05) is 0 Å². The summed E-state index contributed by atoms with van der Waals surface area (Å²) in [6.07, 6.45) is 0. The molecule has 1 aliphatic rings. The molecule has 0 atom stereocenters. The minimum atomic E-state index is -0.206. The highest BCUT2D eigenvalue weighted by Crippen LogP contribution is 2.38. The molecule has 0 amide bonds. The lowest BCUT2D eigenvalue weighted by atomic mass is 9.92. The van der Waals surface area contributed by atoms with Crippen molar-refractivity contribution in [2.75, 3.05) is 0 Å². The van der Waals surface area contributed by atoms with E-state index in [-0.39, 0.29) is 5.60 Å². The number of hydrogen-bond donors (Lipinski definition) is 1. The predicted molar refractivity (Wildman–Crippen MR) is 71.4 cm³/mol. The summed E-state index contributed by atoms with van der Waals surface area (Å²) < 4.78 is 5.78. The van der Waals surface area contributed by atoms with Crippen molar-refractivity contribution < 1.29 is 9.84 Å². The maximum absolute atomic E-state index is 9.32. The van der Waals surface area contributed by atoms with Crippen molar-refractivity contribution in [3.8, 4) is 16.9 Å².